The van der Waals surface area contributed by atoms with Gasteiger partial charge in [0.25, 0.3) is 5.82 Å². The van der Waals surface area contributed by atoms with Gasteiger partial charge >= 0.3 is 0 Å². The molecule has 0 fully saturated rings. The van der Waals surface area contributed by atoms with Gasteiger partial charge in [-0.1, -0.05) is 18.2 Å². The van der Waals surface area contributed by atoms with Crippen LogP contribution in [0.4, 0.5) is 5.82 Å². The third kappa shape index (κ3) is 3.13. The number of aromatic hydroxyl groups is 1. The summed E-state index contributed by atoms with van der Waals surface area (Å²) in [6, 6.07) is 17.9. The van der Waals surface area contributed by atoms with Gasteiger partial charge in [0.05, 0.1) is 11.1 Å². The largest absolute Gasteiger partial charge is 0.505 e. The van der Waals surface area contributed by atoms with Crippen LogP contribution in [0.1, 0.15) is 27.1 Å². The molecule has 3 aromatic heterocycles. The van der Waals surface area contributed by atoms with E-state index in [-0.39, 0.29) is 11.8 Å². The molecule has 4 nitrogen and oxygen atoms in total. The van der Waals surface area contributed by atoms with Crippen molar-refractivity contribution in [1.29, 1.82) is 0 Å². The Bertz CT molecular complexity index is 1060. The predicted molar refractivity (Wildman–Crippen MR) is 106 cm³/mol. The van der Waals surface area contributed by atoms with Crippen molar-refractivity contribution in [3.63, 3.8) is 0 Å². The number of hydrogen-bond donors (Lipinski definition) is 2. The number of aryl methyl sites for hydroxylation is 2. The lowest BCUT2D eigenvalue weighted by molar-refractivity contribution is -0.361. The molecule has 130 valence electrons. The minimum absolute atomic E-state index is 0.168. The molecule has 3 N–H and O–H groups in total. The number of nitrogens with zero attached hydrogens (tertiary/aromatic N) is 1. The monoisotopic (exact) mass is 362 g/mol. The summed E-state index contributed by atoms with van der Waals surface area (Å²) in [5, 5.41) is 15.4. The summed E-state index contributed by atoms with van der Waals surface area (Å²) in [6.45, 7) is 4.02. The number of fused-ring (bicyclic) bond motifs is 1. The van der Waals surface area contributed by atoms with E-state index in [2.05, 4.69) is 34.3 Å². The number of nitrogens with one attached hydrogen (secondary N) is 2. The number of thiophene rings is 1. The van der Waals surface area contributed by atoms with Crippen molar-refractivity contribution in [2.75, 3.05) is 5.32 Å². The predicted octanol–water partition coefficient (Wildman–Crippen LogP) is 4.63. The van der Waals surface area contributed by atoms with E-state index in [1.165, 1.54) is 4.88 Å². The maximum atomic E-state index is 11.0. The highest BCUT2D eigenvalue weighted by Gasteiger charge is 2.25. The summed E-state index contributed by atoms with van der Waals surface area (Å²) in [4.78, 5) is 10.1. The molecule has 1 aromatic carbocycles. The van der Waals surface area contributed by atoms with E-state index < -0.39 is 0 Å². The normalized spacial score (nSPS) is 12.2. The molecule has 0 spiro atoms. The van der Waals surface area contributed by atoms with Gasteiger partial charge in [0, 0.05) is 27.6 Å². The Kier molecular flexibility index (Phi) is 4.31. The first-order valence-corrected chi connectivity index (χ1v) is 9.32. The zero-order valence-electron chi connectivity index (χ0n) is 14.7. The highest BCUT2D eigenvalue weighted by Crippen LogP contribution is 2.38. The van der Waals surface area contributed by atoms with Gasteiger partial charge in [-0.05, 0) is 44.2 Å². The minimum Gasteiger partial charge on any atom is -0.505 e. The minimum atomic E-state index is -0.168. The summed E-state index contributed by atoms with van der Waals surface area (Å²) in [5.41, 5.74) is 2.34. The average molecular weight is 362 g/mol. The molecule has 0 amide bonds. The first-order chi connectivity index (χ1) is 12.6. The quantitative estimate of drug-likeness (QED) is 0.556. The van der Waals surface area contributed by atoms with E-state index in [1.807, 2.05) is 55.6 Å². The molecule has 0 saturated carbocycles. The van der Waals surface area contributed by atoms with E-state index in [1.54, 1.807) is 11.3 Å². The Labute approximate surface area is 156 Å². The first-order valence-electron chi connectivity index (χ1n) is 8.50. The van der Waals surface area contributed by atoms with Gasteiger partial charge in [0.1, 0.15) is 11.3 Å². The maximum Gasteiger partial charge on any atom is 0.272 e. The molecular formula is C21H20N3OS+. The third-order valence-electron chi connectivity index (χ3n) is 4.37. The van der Waals surface area contributed by atoms with E-state index in [9.17, 15) is 5.11 Å². The number of H-pyrrole nitrogens is 1. The Morgan fingerprint density at radius 3 is 2.62 bits per heavy atom. The molecule has 4 aromatic rings. The summed E-state index contributed by atoms with van der Waals surface area (Å²) >= 11 is 1.72. The van der Waals surface area contributed by atoms with Gasteiger partial charge in [0.15, 0.2) is 6.04 Å². The van der Waals surface area contributed by atoms with Crippen LogP contribution < -0.4 is 10.3 Å². The molecule has 0 saturated heterocycles. The van der Waals surface area contributed by atoms with Crippen LogP contribution in [0.25, 0.3) is 10.9 Å². The van der Waals surface area contributed by atoms with Crippen LogP contribution >= 0.6 is 11.3 Å². The molecule has 0 aliphatic rings. The second-order valence-electron chi connectivity index (χ2n) is 6.33. The number of aromatic amines is 1. The van der Waals surface area contributed by atoms with Crippen LogP contribution in [-0.4, -0.2) is 10.1 Å². The van der Waals surface area contributed by atoms with Gasteiger partial charge in [-0.25, -0.2) is 9.97 Å². The molecule has 3 heterocycles. The van der Waals surface area contributed by atoms with Gasteiger partial charge in [0.2, 0.25) is 0 Å². The Balaban J connectivity index is 1.85. The first kappa shape index (κ1) is 16.5. The Morgan fingerprint density at radius 1 is 1.04 bits per heavy atom. The number of aromatic nitrogens is 2. The zero-order chi connectivity index (χ0) is 18.1. The molecule has 0 bridgehead atoms. The number of anilines is 1. The van der Waals surface area contributed by atoms with E-state index in [0.717, 1.165) is 27.3 Å². The highest BCUT2D eigenvalue weighted by atomic mass is 32.1. The molecular weight excluding hydrogens is 342 g/mol. The number of pyridine rings is 2. The number of benzene rings is 1. The SMILES string of the molecule is Cc1ccc2ccc([C@@H](Nc3cccc[nH+]3)c3ccc(C)s3)c(O)c2n1. The van der Waals surface area contributed by atoms with Gasteiger partial charge in [-0.2, -0.15) is 0 Å². The average Bonchev–Trinajstić information content (AvgIpc) is 3.08. The van der Waals surface area contributed by atoms with Crippen molar-refractivity contribution in [2.24, 2.45) is 0 Å². The number of phenols is 1. The summed E-state index contributed by atoms with van der Waals surface area (Å²) in [7, 11) is 0. The van der Waals surface area contributed by atoms with Crippen molar-refractivity contribution in [1.82, 2.24) is 4.98 Å². The fourth-order valence-electron chi connectivity index (χ4n) is 3.07. The second kappa shape index (κ2) is 6.77. The van der Waals surface area contributed by atoms with Crippen LogP contribution in [-0.2, 0) is 0 Å². The van der Waals surface area contributed by atoms with Gasteiger partial charge < -0.3 is 5.11 Å². The smallest absolute Gasteiger partial charge is 0.272 e. The van der Waals surface area contributed by atoms with Crippen LogP contribution in [0.2, 0.25) is 0 Å². The molecule has 0 aliphatic carbocycles. The molecule has 0 unspecified atom stereocenters. The second-order valence-corrected chi connectivity index (χ2v) is 7.65. The molecule has 0 radical (unpaired) electrons. The molecule has 1 atom stereocenters. The number of hydrogen-bond acceptors (Lipinski definition) is 4. The maximum absolute atomic E-state index is 11.0. The summed E-state index contributed by atoms with van der Waals surface area (Å²) < 4.78 is 0. The van der Waals surface area contributed by atoms with Crippen LogP contribution in [0, 0.1) is 13.8 Å². The molecule has 4 rings (SSSR count). The van der Waals surface area contributed by atoms with Crippen molar-refractivity contribution in [3.05, 3.63) is 81.8 Å². The van der Waals surface area contributed by atoms with Crippen LogP contribution in [0.3, 0.4) is 0 Å². The van der Waals surface area contributed by atoms with Crippen LogP contribution in [0.15, 0.2) is 60.8 Å². The van der Waals surface area contributed by atoms with Crippen molar-refractivity contribution >= 4 is 28.1 Å². The summed E-state index contributed by atoms with van der Waals surface area (Å²) in [5.74, 6) is 1.12. The standard InChI is InChI=1S/C21H19N3OS/c1-13-6-8-15-9-10-16(21(25)19(15)23-13)20(17-11-7-14(2)26-17)24-18-5-3-4-12-22-18/h3-12,20,25H,1-2H3,(H,22,24)/p+1/t20-/m1/s1. The lowest BCUT2D eigenvalue weighted by Gasteiger charge is -2.16. The Morgan fingerprint density at radius 2 is 1.88 bits per heavy atom. The van der Waals surface area contributed by atoms with Crippen molar-refractivity contribution < 1.29 is 10.1 Å². The summed E-state index contributed by atoms with van der Waals surface area (Å²) in [6.07, 6.45) is 1.88. The van der Waals surface area contributed by atoms with Gasteiger partial charge in [-0.15, -0.1) is 11.3 Å². The highest BCUT2D eigenvalue weighted by molar-refractivity contribution is 7.12. The zero-order valence-corrected chi connectivity index (χ0v) is 15.5. The lowest BCUT2D eigenvalue weighted by atomic mass is 10.0. The van der Waals surface area contributed by atoms with E-state index in [0.29, 0.717) is 5.52 Å². The number of phenolic OH excluding ortho intramolecular Hbond substituents is 1. The molecule has 0 aliphatic heterocycles. The third-order valence-corrected chi connectivity index (χ3v) is 5.44. The molecule has 26 heavy (non-hydrogen) atoms. The van der Waals surface area contributed by atoms with E-state index in [4.69, 9.17) is 0 Å². The van der Waals surface area contributed by atoms with E-state index >= 15 is 0 Å². The van der Waals surface area contributed by atoms with Crippen molar-refractivity contribution in [2.45, 2.75) is 19.9 Å². The van der Waals surface area contributed by atoms with Gasteiger partial charge in [-0.3, -0.25) is 5.32 Å². The fourth-order valence-corrected chi connectivity index (χ4v) is 4.02. The number of rotatable bonds is 4. The van der Waals surface area contributed by atoms with Crippen LogP contribution in [0.5, 0.6) is 5.75 Å². The fraction of sp³-hybridized carbons (Fsp3) is 0.143. The molecule has 5 heteroatoms. The topological polar surface area (TPSA) is 59.3 Å². The van der Waals surface area contributed by atoms with Crippen molar-refractivity contribution in [3.8, 4) is 5.75 Å². The Hall–Kier alpha value is -2.92. The lowest BCUT2D eigenvalue weighted by Crippen LogP contribution is -2.18.